The van der Waals surface area contributed by atoms with Gasteiger partial charge in [0.2, 0.25) is 11.8 Å². The van der Waals surface area contributed by atoms with Gasteiger partial charge in [0.1, 0.15) is 6.10 Å². The van der Waals surface area contributed by atoms with Gasteiger partial charge >= 0.3 is 0 Å². The van der Waals surface area contributed by atoms with Gasteiger partial charge in [-0.25, -0.2) is 0 Å². The number of ether oxygens (including phenoxy) is 2. The van der Waals surface area contributed by atoms with Gasteiger partial charge in [-0.05, 0) is 25.8 Å². The molecule has 0 radical (unpaired) electrons. The summed E-state index contributed by atoms with van der Waals surface area (Å²) >= 11 is 0. The van der Waals surface area contributed by atoms with E-state index in [2.05, 4.69) is 15.5 Å². The van der Waals surface area contributed by atoms with E-state index in [0.717, 1.165) is 52.1 Å². The fourth-order valence-corrected chi connectivity index (χ4v) is 3.37. The van der Waals surface area contributed by atoms with Gasteiger partial charge in [-0.15, -0.1) is 0 Å². The number of hydrogen-bond donors (Lipinski definition) is 3. The maximum Gasteiger partial charge on any atom is 0.223 e. The van der Waals surface area contributed by atoms with Gasteiger partial charge < -0.3 is 25.2 Å². The molecule has 0 unspecified atom stereocenters. The molecule has 8 heteroatoms. The molecule has 3 aliphatic rings. The number of nitrogens with one attached hydrogen (secondary N) is 2. The fourth-order valence-electron chi connectivity index (χ4n) is 3.37. The third-order valence-corrected chi connectivity index (χ3v) is 5.18. The Kier molecular flexibility index (Phi) is 7.63. The van der Waals surface area contributed by atoms with Crippen LogP contribution in [-0.4, -0.2) is 86.1 Å². The Bertz CT molecular complexity index is 531. The molecule has 8 nitrogen and oxygen atoms in total. The van der Waals surface area contributed by atoms with Crippen molar-refractivity contribution in [3.8, 4) is 0 Å². The molecule has 3 rings (SSSR count). The number of nitrogens with zero attached hydrogens (tertiary/aromatic N) is 1. The van der Waals surface area contributed by atoms with E-state index < -0.39 is 6.10 Å². The molecule has 27 heavy (non-hydrogen) atoms. The molecule has 0 spiro atoms. The summed E-state index contributed by atoms with van der Waals surface area (Å²) in [4.78, 5) is 26.4. The van der Waals surface area contributed by atoms with Crippen LogP contribution in [0, 0.1) is 5.92 Å². The van der Waals surface area contributed by atoms with Gasteiger partial charge in [0.15, 0.2) is 0 Å². The van der Waals surface area contributed by atoms with Crippen LogP contribution in [0.25, 0.3) is 0 Å². The monoisotopic (exact) mass is 381 g/mol. The maximum absolute atomic E-state index is 12.1. The maximum atomic E-state index is 12.1. The molecule has 0 bridgehead atoms. The molecule has 1 saturated heterocycles. The second-order valence-electron chi connectivity index (χ2n) is 7.45. The van der Waals surface area contributed by atoms with Gasteiger partial charge in [-0.2, -0.15) is 0 Å². The van der Waals surface area contributed by atoms with Crippen molar-refractivity contribution < 1.29 is 24.2 Å². The normalized spacial score (nSPS) is 28.7. The molecule has 2 heterocycles. The number of aliphatic hydroxyl groups is 1. The molecule has 2 aliphatic heterocycles. The highest BCUT2D eigenvalue weighted by atomic mass is 16.5. The molecule has 1 aliphatic carbocycles. The highest BCUT2D eigenvalue weighted by Crippen LogP contribution is 2.29. The summed E-state index contributed by atoms with van der Waals surface area (Å²) in [7, 11) is 0. The predicted molar refractivity (Wildman–Crippen MR) is 99.0 cm³/mol. The van der Waals surface area contributed by atoms with E-state index in [9.17, 15) is 14.7 Å². The standard InChI is InChI=1S/C19H31N3O5/c23-13-17-16(21-19(25)14-2-3-14)5-4-15(27-17)12-18(24)20-6-1-7-22-8-10-26-11-9-22/h4-5,14-17,23H,1-3,6-13H2,(H,20,24)(H,21,25)/t15-,16+,17-/m1/s1. The molecule has 3 N–H and O–H groups in total. The van der Waals surface area contributed by atoms with Gasteiger partial charge in [-0.3, -0.25) is 14.5 Å². The number of carbonyl (C=O) groups is 2. The summed E-state index contributed by atoms with van der Waals surface area (Å²) in [5.41, 5.74) is 0. The van der Waals surface area contributed by atoms with E-state index in [-0.39, 0.29) is 42.9 Å². The van der Waals surface area contributed by atoms with Crippen molar-refractivity contribution in [3.05, 3.63) is 12.2 Å². The van der Waals surface area contributed by atoms with Crippen LogP contribution in [0.2, 0.25) is 0 Å². The topological polar surface area (TPSA) is 100 Å². The average molecular weight is 381 g/mol. The molecule has 2 amide bonds. The molecule has 1 saturated carbocycles. The molecular formula is C19H31N3O5. The van der Waals surface area contributed by atoms with Crippen molar-refractivity contribution in [2.24, 2.45) is 5.92 Å². The van der Waals surface area contributed by atoms with Crippen molar-refractivity contribution in [1.29, 1.82) is 0 Å². The first-order valence-electron chi connectivity index (χ1n) is 9.97. The van der Waals surface area contributed by atoms with Crippen molar-refractivity contribution in [1.82, 2.24) is 15.5 Å². The first-order chi connectivity index (χ1) is 13.2. The number of amides is 2. The number of morpholine rings is 1. The second kappa shape index (κ2) is 10.2. The summed E-state index contributed by atoms with van der Waals surface area (Å²) in [5.74, 6) is 0.0608. The van der Waals surface area contributed by atoms with Crippen molar-refractivity contribution in [2.75, 3.05) is 46.0 Å². The smallest absolute Gasteiger partial charge is 0.223 e. The number of hydrogen-bond acceptors (Lipinski definition) is 6. The van der Waals surface area contributed by atoms with Gasteiger partial charge in [0.05, 0.1) is 38.4 Å². The molecule has 3 atom stereocenters. The Hall–Kier alpha value is -1.48. The number of aliphatic hydroxyl groups excluding tert-OH is 1. The third kappa shape index (κ3) is 6.57. The lowest BCUT2D eigenvalue weighted by Gasteiger charge is -2.31. The Morgan fingerprint density at radius 2 is 1.96 bits per heavy atom. The van der Waals surface area contributed by atoms with Crippen molar-refractivity contribution >= 4 is 11.8 Å². The number of rotatable bonds is 9. The quantitative estimate of drug-likeness (QED) is 0.365. The predicted octanol–water partition coefficient (Wildman–Crippen LogP) is -0.574. The zero-order chi connectivity index (χ0) is 19.1. The zero-order valence-corrected chi connectivity index (χ0v) is 15.8. The van der Waals surface area contributed by atoms with Crippen LogP contribution in [0.3, 0.4) is 0 Å². The summed E-state index contributed by atoms with van der Waals surface area (Å²) in [6, 6.07) is -0.337. The van der Waals surface area contributed by atoms with Crippen LogP contribution in [0.5, 0.6) is 0 Å². The minimum Gasteiger partial charge on any atom is -0.394 e. The Morgan fingerprint density at radius 3 is 2.67 bits per heavy atom. The van der Waals surface area contributed by atoms with Crippen molar-refractivity contribution in [3.63, 3.8) is 0 Å². The third-order valence-electron chi connectivity index (χ3n) is 5.18. The van der Waals surface area contributed by atoms with E-state index >= 15 is 0 Å². The minimum absolute atomic E-state index is 0.0168. The largest absolute Gasteiger partial charge is 0.394 e. The van der Waals surface area contributed by atoms with Crippen LogP contribution < -0.4 is 10.6 Å². The van der Waals surface area contributed by atoms with Gasteiger partial charge in [0, 0.05) is 25.6 Å². The fraction of sp³-hybridized carbons (Fsp3) is 0.789. The van der Waals surface area contributed by atoms with Gasteiger partial charge in [0.25, 0.3) is 0 Å². The Morgan fingerprint density at radius 1 is 1.19 bits per heavy atom. The van der Waals surface area contributed by atoms with E-state index in [4.69, 9.17) is 9.47 Å². The Balaban J connectivity index is 1.34. The van der Waals surface area contributed by atoms with Crippen molar-refractivity contribution in [2.45, 2.75) is 43.9 Å². The first-order valence-corrected chi connectivity index (χ1v) is 9.97. The molecule has 0 aromatic carbocycles. The van der Waals surface area contributed by atoms with E-state index in [0.29, 0.717) is 6.54 Å². The van der Waals surface area contributed by atoms with E-state index in [1.165, 1.54) is 0 Å². The lowest BCUT2D eigenvalue weighted by Crippen LogP contribution is -2.49. The van der Waals surface area contributed by atoms with Gasteiger partial charge in [-0.1, -0.05) is 12.2 Å². The summed E-state index contributed by atoms with van der Waals surface area (Å²) in [6.45, 7) is 4.87. The number of carbonyl (C=O) groups excluding carboxylic acids is 2. The molecule has 2 fully saturated rings. The summed E-state index contributed by atoms with van der Waals surface area (Å²) in [6.07, 6.45) is 5.73. The second-order valence-corrected chi connectivity index (χ2v) is 7.45. The summed E-state index contributed by atoms with van der Waals surface area (Å²) in [5, 5.41) is 15.4. The highest BCUT2D eigenvalue weighted by molar-refractivity contribution is 5.81. The first kappa shape index (κ1) is 20.3. The highest BCUT2D eigenvalue weighted by Gasteiger charge is 2.34. The molecular weight excluding hydrogens is 350 g/mol. The van der Waals surface area contributed by atoms with E-state index in [1.807, 2.05) is 6.08 Å². The van der Waals surface area contributed by atoms with Crippen LogP contribution >= 0.6 is 0 Å². The zero-order valence-electron chi connectivity index (χ0n) is 15.8. The Labute approximate surface area is 160 Å². The molecule has 152 valence electrons. The lowest BCUT2D eigenvalue weighted by molar-refractivity contribution is -0.128. The summed E-state index contributed by atoms with van der Waals surface area (Å²) < 4.78 is 11.1. The lowest BCUT2D eigenvalue weighted by atomic mass is 10.0. The van der Waals surface area contributed by atoms with Crippen LogP contribution in [0.15, 0.2) is 12.2 Å². The van der Waals surface area contributed by atoms with E-state index in [1.54, 1.807) is 6.08 Å². The molecule has 0 aromatic rings. The average Bonchev–Trinajstić information content (AvgIpc) is 3.52. The SMILES string of the molecule is O=C(C[C@H]1C=C[C@H](NC(=O)C2CC2)[C@@H](CO)O1)NCCCN1CCOCC1. The van der Waals surface area contributed by atoms with Crippen LogP contribution in [0.1, 0.15) is 25.7 Å². The van der Waals surface area contributed by atoms with Crippen LogP contribution in [0.4, 0.5) is 0 Å². The van der Waals surface area contributed by atoms with Crippen LogP contribution in [-0.2, 0) is 19.1 Å². The minimum atomic E-state index is -0.517. The molecule has 0 aromatic heterocycles.